The van der Waals surface area contributed by atoms with Crippen molar-refractivity contribution >= 4 is 28.6 Å². The maximum Gasteiger partial charge on any atom is 0.265 e. The third kappa shape index (κ3) is 4.61. The number of carbonyl (C=O) groups is 1. The van der Waals surface area contributed by atoms with Crippen LogP contribution in [0.15, 0.2) is 82.7 Å². The van der Waals surface area contributed by atoms with Crippen molar-refractivity contribution in [3.8, 4) is 17.3 Å². The van der Waals surface area contributed by atoms with Gasteiger partial charge in [0.25, 0.3) is 11.5 Å². The third-order valence-corrected chi connectivity index (χ3v) is 5.32. The Morgan fingerprint density at radius 2 is 1.71 bits per heavy atom. The molecular formula is C26H24N4O4. The van der Waals surface area contributed by atoms with Crippen LogP contribution in [0.3, 0.4) is 0 Å². The molecule has 172 valence electrons. The van der Waals surface area contributed by atoms with Gasteiger partial charge in [-0.25, -0.2) is 9.99 Å². The number of pyridine rings is 1. The number of hydrogen-bond acceptors (Lipinski definition) is 6. The highest BCUT2D eigenvalue weighted by Crippen LogP contribution is 2.26. The van der Waals surface area contributed by atoms with E-state index in [0.717, 1.165) is 5.56 Å². The van der Waals surface area contributed by atoms with Crippen LogP contribution >= 0.6 is 0 Å². The first kappa shape index (κ1) is 22.6. The lowest BCUT2D eigenvalue weighted by Crippen LogP contribution is -2.26. The highest BCUT2D eigenvalue weighted by Gasteiger charge is 2.16. The number of aromatic nitrogens is 1. The summed E-state index contributed by atoms with van der Waals surface area (Å²) in [5, 5.41) is 19.0. The Morgan fingerprint density at radius 3 is 2.44 bits per heavy atom. The molecule has 0 radical (unpaired) electrons. The lowest BCUT2D eigenvalue weighted by atomic mass is 10.1. The first-order chi connectivity index (χ1) is 16.5. The molecule has 1 heterocycles. The number of rotatable bonds is 7. The number of nitrogens with zero attached hydrogens (tertiary/aromatic N) is 2. The maximum absolute atomic E-state index is 13.1. The second-order valence-electron chi connectivity index (χ2n) is 7.61. The number of hydrazone groups is 1. The number of fused-ring (bicyclic) bond motifs is 1. The van der Waals surface area contributed by atoms with Gasteiger partial charge < -0.3 is 15.2 Å². The molecule has 0 bridgehead atoms. The number of aromatic hydroxyl groups is 1. The summed E-state index contributed by atoms with van der Waals surface area (Å²) in [5.74, 6) is -0.0379. The summed E-state index contributed by atoms with van der Waals surface area (Å²) in [6, 6.07) is 21.4. The molecule has 8 nitrogen and oxygen atoms in total. The van der Waals surface area contributed by atoms with Gasteiger partial charge >= 0.3 is 0 Å². The summed E-state index contributed by atoms with van der Waals surface area (Å²) < 4.78 is 6.49. The fraction of sp³-hybridized carbons (Fsp3) is 0.115. The van der Waals surface area contributed by atoms with E-state index in [2.05, 4.69) is 15.8 Å². The Morgan fingerprint density at radius 1 is 1.03 bits per heavy atom. The number of aryl methyl sites for hydroxylation is 1. The van der Waals surface area contributed by atoms with Crippen LogP contribution in [0.5, 0.6) is 11.6 Å². The summed E-state index contributed by atoms with van der Waals surface area (Å²) in [4.78, 5) is 25.4. The summed E-state index contributed by atoms with van der Waals surface area (Å²) in [7, 11) is 1.55. The molecule has 1 aromatic heterocycles. The number of carbonyl (C=O) groups excluding carboxylic acids is 1. The Bertz CT molecular complexity index is 1430. The Labute approximate surface area is 196 Å². The molecule has 4 rings (SSSR count). The molecule has 0 saturated heterocycles. The van der Waals surface area contributed by atoms with E-state index in [4.69, 9.17) is 4.74 Å². The van der Waals surface area contributed by atoms with Crippen LogP contribution in [0.25, 0.3) is 16.5 Å². The fourth-order valence-corrected chi connectivity index (χ4v) is 3.60. The molecule has 34 heavy (non-hydrogen) atoms. The van der Waals surface area contributed by atoms with Gasteiger partial charge in [0.05, 0.1) is 36.8 Å². The third-order valence-electron chi connectivity index (χ3n) is 5.32. The van der Waals surface area contributed by atoms with Gasteiger partial charge in [0, 0.05) is 10.8 Å². The average Bonchev–Trinajstić information content (AvgIpc) is 2.86. The molecule has 4 aromatic rings. The SMILES string of the molecule is COc1ccccc1NCC(=O)NN=Cc1c(O)n(-c2ccc(C)cc2)c(=O)c2ccccc12. The fourth-order valence-electron chi connectivity index (χ4n) is 3.60. The standard InChI is InChI=1S/C26H24N4O4/c1-17-11-13-18(14-12-17)30-25(32)20-8-4-3-7-19(20)21(26(30)33)15-28-29-24(31)16-27-22-9-5-6-10-23(22)34-2/h3-15,27,33H,16H2,1-2H3,(H,29,31). The van der Waals surface area contributed by atoms with Gasteiger partial charge in [-0.2, -0.15) is 5.10 Å². The van der Waals surface area contributed by atoms with Gasteiger partial charge in [0.15, 0.2) is 0 Å². The van der Waals surface area contributed by atoms with Crippen molar-refractivity contribution in [2.75, 3.05) is 19.0 Å². The van der Waals surface area contributed by atoms with Crippen molar-refractivity contribution in [2.24, 2.45) is 5.10 Å². The number of anilines is 1. The van der Waals surface area contributed by atoms with Crippen LogP contribution in [-0.2, 0) is 4.79 Å². The Kier molecular flexibility index (Phi) is 6.59. The van der Waals surface area contributed by atoms with Crippen LogP contribution in [0.1, 0.15) is 11.1 Å². The van der Waals surface area contributed by atoms with Crippen molar-refractivity contribution in [1.29, 1.82) is 0 Å². The van der Waals surface area contributed by atoms with E-state index >= 15 is 0 Å². The summed E-state index contributed by atoms with van der Waals surface area (Å²) >= 11 is 0. The van der Waals surface area contributed by atoms with E-state index in [1.807, 2.05) is 31.2 Å². The monoisotopic (exact) mass is 456 g/mol. The highest BCUT2D eigenvalue weighted by atomic mass is 16.5. The van der Waals surface area contributed by atoms with E-state index < -0.39 is 5.91 Å². The molecule has 0 aliphatic heterocycles. The van der Waals surface area contributed by atoms with Gasteiger partial charge in [-0.1, -0.05) is 48.0 Å². The molecule has 3 N–H and O–H groups in total. The lowest BCUT2D eigenvalue weighted by molar-refractivity contribution is -0.119. The molecule has 0 atom stereocenters. The number of benzene rings is 3. The van der Waals surface area contributed by atoms with Gasteiger partial charge in [0.1, 0.15) is 5.75 Å². The number of nitrogens with one attached hydrogen (secondary N) is 2. The topological polar surface area (TPSA) is 105 Å². The van der Waals surface area contributed by atoms with E-state index in [-0.39, 0.29) is 18.0 Å². The summed E-state index contributed by atoms with van der Waals surface area (Å²) in [6.45, 7) is 1.91. The second kappa shape index (κ2) is 9.91. The first-order valence-electron chi connectivity index (χ1n) is 10.6. The minimum absolute atomic E-state index is 0.0344. The molecule has 0 saturated carbocycles. The number of ether oxygens (including phenoxy) is 1. The van der Waals surface area contributed by atoms with E-state index in [0.29, 0.717) is 33.5 Å². The maximum atomic E-state index is 13.1. The normalized spacial score (nSPS) is 11.0. The zero-order valence-corrected chi connectivity index (χ0v) is 18.8. The number of amides is 1. The number of para-hydroxylation sites is 2. The van der Waals surface area contributed by atoms with Crippen LogP contribution < -0.4 is 21.0 Å². The summed E-state index contributed by atoms with van der Waals surface area (Å²) in [6.07, 6.45) is 1.34. The van der Waals surface area contributed by atoms with Crippen molar-refractivity contribution in [2.45, 2.75) is 6.92 Å². The lowest BCUT2D eigenvalue weighted by Gasteiger charge is -2.14. The smallest absolute Gasteiger partial charge is 0.265 e. The second-order valence-corrected chi connectivity index (χ2v) is 7.61. The van der Waals surface area contributed by atoms with Crippen LogP contribution in [-0.4, -0.2) is 35.4 Å². The van der Waals surface area contributed by atoms with Crippen molar-refractivity contribution < 1.29 is 14.6 Å². The molecular weight excluding hydrogens is 432 g/mol. The zero-order chi connectivity index (χ0) is 24.1. The van der Waals surface area contributed by atoms with Crippen LogP contribution in [0.4, 0.5) is 5.69 Å². The zero-order valence-electron chi connectivity index (χ0n) is 18.8. The predicted octanol–water partition coefficient (Wildman–Crippen LogP) is 3.58. The molecule has 0 fully saturated rings. The quantitative estimate of drug-likeness (QED) is 0.291. The summed E-state index contributed by atoms with van der Waals surface area (Å²) in [5.41, 5.74) is 4.64. The highest BCUT2D eigenvalue weighted by molar-refractivity contribution is 6.02. The van der Waals surface area contributed by atoms with E-state index in [9.17, 15) is 14.7 Å². The van der Waals surface area contributed by atoms with Crippen molar-refractivity contribution in [3.63, 3.8) is 0 Å². The molecule has 0 aliphatic carbocycles. The van der Waals surface area contributed by atoms with Crippen molar-refractivity contribution in [1.82, 2.24) is 9.99 Å². The molecule has 3 aromatic carbocycles. The molecule has 0 aliphatic rings. The molecule has 0 spiro atoms. The van der Waals surface area contributed by atoms with Crippen LogP contribution in [0.2, 0.25) is 0 Å². The molecule has 8 heteroatoms. The minimum Gasteiger partial charge on any atom is -0.495 e. The van der Waals surface area contributed by atoms with Gasteiger partial charge in [-0.05, 0) is 37.3 Å². The Hall–Kier alpha value is -4.59. The van der Waals surface area contributed by atoms with Gasteiger partial charge in [0.2, 0.25) is 5.88 Å². The molecule has 0 unspecified atom stereocenters. The Balaban J connectivity index is 1.60. The van der Waals surface area contributed by atoms with Crippen molar-refractivity contribution in [3.05, 3.63) is 94.3 Å². The number of hydrogen-bond donors (Lipinski definition) is 3. The molecule has 1 amide bonds. The predicted molar refractivity (Wildman–Crippen MR) is 133 cm³/mol. The van der Waals surface area contributed by atoms with E-state index in [1.165, 1.54) is 10.8 Å². The van der Waals surface area contributed by atoms with E-state index in [1.54, 1.807) is 55.6 Å². The number of methoxy groups -OCH3 is 1. The first-order valence-corrected chi connectivity index (χ1v) is 10.6. The van der Waals surface area contributed by atoms with Crippen LogP contribution in [0, 0.1) is 6.92 Å². The largest absolute Gasteiger partial charge is 0.495 e. The van der Waals surface area contributed by atoms with Gasteiger partial charge in [-0.15, -0.1) is 0 Å². The minimum atomic E-state index is -0.391. The average molecular weight is 457 g/mol. The van der Waals surface area contributed by atoms with Gasteiger partial charge in [-0.3, -0.25) is 9.59 Å².